The normalized spacial score (nSPS) is 21.8. The fourth-order valence-electron chi connectivity index (χ4n) is 3.92. The fourth-order valence-corrected chi connectivity index (χ4v) is 5.78. The van der Waals surface area contributed by atoms with E-state index in [1.807, 2.05) is 35.3 Å². The van der Waals surface area contributed by atoms with E-state index in [9.17, 15) is 4.79 Å². The van der Waals surface area contributed by atoms with E-state index in [-0.39, 0.29) is 5.91 Å². The maximum Gasteiger partial charge on any atom is 0.273 e. The van der Waals surface area contributed by atoms with Gasteiger partial charge >= 0.3 is 0 Å². The Balaban J connectivity index is 1.50. The van der Waals surface area contributed by atoms with Crippen LogP contribution in [0, 0.1) is 0 Å². The quantitative estimate of drug-likeness (QED) is 0.768. The lowest BCUT2D eigenvalue weighted by Gasteiger charge is -2.35. The molecule has 1 aromatic carbocycles. The molecule has 27 heavy (non-hydrogen) atoms. The topological polar surface area (TPSA) is 36.4 Å². The second kappa shape index (κ2) is 9.22. The van der Waals surface area contributed by atoms with Crippen LogP contribution >= 0.6 is 23.1 Å². The first kappa shape index (κ1) is 19.0. The molecule has 0 radical (unpaired) electrons. The van der Waals surface area contributed by atoms with E-state index in [4.69, 9.17) is 0 Å². The van der Waals surface area contributed by atoms with Crippen molar-refractivity contribution in [3.63, 3.8) is 0 Å². The largest absolute Gasteiger partial charge is 0.332 e. The molecule has 2 fully saturated rings. The Morgan fingerprint density at radius 1 is 1.07 bits per heavy atom. The van der Waals surface area contributed by atoms with E-state index in [1.165, 1.54) is 32.4 Å². The van der Waals surface area contributed by atoms with Crippen LogP contribution in [0.25, 0.3) is 10.6 Å². The highest BCUT2D eigenvalue weighted by molar-refractivity contribution is 7.99. The summed E-state index contributed by atoms with van der Waals surface area (Å²) in [5.41, 5.74) is 1.69. The number of nitrogens with zero attached hydrogens (tertiary/aromatic N) is 3. The molecule has 0 spiro atoms. The highest BCUT2D eigenvalue weighted by Crippen LogP contribution is 2.26. The van der Waals surface area contributed by atoms with Crippen LogP contribution < -0.4 is 0 Å². The summed E-state index contributed by atoms with van der Waals surface area (Å²) in [5.74, 6) is 2.29. The highest BCUT2D eigenvalue weighted by Gasteiger charge is 2.29. The molecule has 0 N–H and O–H groups in total. The van der Waals surface area contributed by atoms with Crippen molar-refractivity contribution in [2.75, 3.05) is 37.7 Å². The Bertz CT molecular complexity index is 743. The molecule has 2 aliphatic heterocycles. The molecule has 0 bridgehead atoms. The van der Waals surface area contributed by atoms with Gasteiger partial charge in [0.2, 0.25) is 0 Å². The summed E-state index contributed by atoms with van der Waals surface area (Å²) >= 11 is 3.56. The predicted octanol–water partition coefficient (Wildman–Crippen LogP) is 4.24. The Kier molecular flexibility index (Phi) is 6.47. The molecular formula is C21H27N3OS2. The Labute approximate surface area is 170 Å². The van der Waals surface area contributed by atoms with Crippen molar-refractivity contribution in [1.82, 2.24) is 14.8 Å². The van der Waals surface area contributed by atoms with Gasteiger partial charge < -0.3 is 9.80 Å². The van der Waals surface area contributed by atoms with E-state index in [1.54, 1.807) is 11.3 Å². The number of thiazole rings is 1. The average Bonchev–Trinajstić information content (AvgIpc) is 3.10. The van der Waals surface area contributed by atoms with Crippen LogP contribution in [0.1, 0.15) is 36.2 Å². The van der Waals surface area contributed by atoms with Gasteiger partial charge in [-0.2, -0.15) is 11.8 Å². The van der Waals surface area contributed by atoms with E-state index >= 15 is 0 Å². The van der Waals surface area contributed by atoms with E-state index in [0.29, 0.717) is 11.7 Å². The van der Waals surface area contributed by atoms with Crippen molar-refractivity contribution in [3.8, 4) is 10.6 Å². The first-order valence-corrected chi connectivity index (χ1v) is 12.0. The number of carbonyl (C=O) groups excluding carboxylic acids is 1. The minimum atomic E-state index is 0.109. The molecule has 2 aliphatic rings. The minimum absolute atomic E-state index is 0.109. The number of amides is 1. The molecule has 0 aliphatic carbocycles. The van der Waals surface area contributed by atoms with Crippen LogP contribution in [-0.2, 0) is 0 Å². The van der Waals surface area contributed by atoms with Crippen LogP contribution in [0.15, 0.2) is 35.7 Å². The molecule has 0 saturated carbocycles. The predicted molar refractivity (Wildman–Crippen MR) is 115 cm³/mol. The molecular weight excluding hydrogens is 374 g/mol. The zero-order chi connectivity index (χ0) is 18.5. The highest BCUT2D eigenvalue weighted by atomic mass is 32.2. The SMILES string of the molecule is O=C(c1csc(-c2ccccc2)n1)N1CCCSCC1CN1CCCCC1. The molecule has 2 saturated heterocycles. The van der Waals surface area contributed by atoms with E-state index in [0.717, 1.165) is 41.6 Å². The smallest absolute Gasteiger partial charge is 0.273 e. The zero-order valence-corrected chi connectivity index (χ0v) is 17.3. The van der Waals surface area contributed by atoms with Crippen molar-refractivity contribution in [2.45, 2.75) is 31.7 Å². The molecule has 2 aromatic rings. The van der Waals surface area contributed by atoms with Gasteiger partial charge in [0, 0.05) is 29.8 Å². The Morgan fingerprint density at radius 2 is 1.89 bits per heavy atom. The summed E-state index contributed by atoms with van der Waals surface area (Å²) in [5, 5.41) is 2.86. The van der Waals surface area contributed by atoms with Crippen molar-refractivity contribution in [2.24, 2.45) is 0 Å². The molecule has 1 unspecified atom stereocenters. The maximum absolute atomic E-state index is 13.3. The molecule has 1 atom stereocenters. The van der Waals surface area contributed by atoms with Gasteiger partial charge in [-0.1, -0.05) is 36.8 Å². The maximum atomic E-state index is 13.3. The summed E-state index contributed by atoms with van der Waals surface area (Å²) < 4.78 is 0. The standard InChI is InChI=1S/C21H27N3OS2/c25-21(19-16-27-20(22-19)17-8-3-1-4-9-17)24-12-7-13-26-15-18(24)14-23-10-5-2-6-11-23/h1,3-4,8-9,16,18H,2,5-7,10-15H2. The minimum Gasteiger partial charge on any atom is -0.332 e. The first-order valence-electron chi connectivity index (χ1n) is 9.93. The number of hydrogen-bond acceptors (Lipinski definition) is 5. The average molecular weight is 402 g/mol. The van der Waals surface area contributed by atoms with Crippen molar-refractivity contribution in [1.29, 1.82) is 0 Å². The van der Waals surface area contributed by atoms with Crippen LogP contribution in [0.3, 0.4) is 0 Å². The number of rotatable bonds is 4. The lowest BCUT2D eigenvalue weighted by Crippen LogP contribution is -2.49. The van der Waals surface area contributed by atoms with E-state index in [2.05, 4.69) is 26.9 Å². The van der Waals surface area contributed by atoms with Gasteiger partial charge in [0.1, 0.15) is 10.7 Å². The van der Waals surface area contributed by atoms with Gasteiger partial charge in [0.15, 0.2) is 0 Å². The third-order valence-corrected chi connectivity index (χ3v) is 7.45. The lowest BCUT2D eigenvalue weighted by molar-refractivity contribution is 0.0640. The second-order valence-electron chi connectivity index (χ2n) is 7.35. The Hall–Kier alpha value is -1.37. The number of hydrogen-bond donors (Lipinski definition) is 0. The van der Waals surface area contributed by atoms with Gasteiger partial charge in [-0.15, -0.1) is 11.3 Å². The molecule has 144 valence electrons. The third kappa shape index (κ3) is 4.73. The Morgan fingerprint density at radius 3 is 2.70 bits per heavy atom. The second-order valence-corrected chi connectivity index (χ2v) is 9.35. The number of thioether (sulfide) groups is 1. The van der Waals surface area contributed by atoms with Gasteiger partial charge in [-0.3, -0.25) is 4.79 Å². The van der Waals surface area contributed by atoms with Gasteiger partial charge in [0.05, 0.1) is 6.04 Å². The number of aromatic nitrogens is 1. The van der Waals surface area contributed by atoms with Gasteiger partial charge in [0.25, 0.3) is 5.91 Å². The molecule has 3 heterocycles. The third-order valence-electron chi connectivity index (χ3n) is 5.36. The summed E-state index contributed by atoms with van der Waals surface area (Å²) in [4.78, 5) is 22.6. The lowest BCUT2D eigenvalue weighted by atomic mass is 10.1. The van der Waals surface area contributed by atoms with Crippen LogP contribution in [0.2, 0.25) is 0 Å². The summed E-state index contributed by atoms with van der Waals surface area (Å²) in [6, 6.07) is 10.4. The number of piperidine rings is 1. The molecule has 6 heteroatoms. The zero-order valence-electron chi connectivity index (χ0n) is 15.7. The number of likely N-dealkylation sites (tertiary alicyclic amines) is 1. The summed E-state index contributed by atoms with van der Waals surface area (Å²) in [6.45, 7) is 4.22. The monoisotopic (exact) mass is 401 g/mol. The van der Waals surface area contributed by atoms with E-state index < -0.39 is 0 Å². The molecule has 4 nitrogen and oxygen atoms in total. The molecule has 1 amide bonds. The van der Waals surface area contributed by atoms with Crippen molar-refractivity contribution < 1.29 is 4.79 Å². The van der Waals surface area contributed by atoms with Crippen molar-refractivity contribution in [3.05, 3.63) is 41.4 Å². The summed E-state index contributed by atoms with van der Waals surface area (Å²) in [7, 11) is 0. The fraction of sp³-hybridized carbons (Fsp3) is 0.524. The van der Waals surface area contributed by atoms with Crippen LogP contribution in [0.4, 0.5) is 0 Å². The van der Waals surface area contributed by atoms with Crippen LogP contribution in [0.5, 0.6) is 0 Å². The number of benzene rings is 1. The molecule has 4 rings (SSSR count). The van der Waals surface area contributed by atoms with Gasteiger partial charge in [-0.05, 0) is 38.1 Å². The van der Waals surface area contributed by atoms with Crippen LogP contribution in [-0.4, -0.2) is 64.4 Å². The number of carbonyl (C=O) groups is 1. The van der Waals surface area contributed by atoms with Gasteiger partial charge in [-0.25, -0.2) is 4.98 Å². The van der Waals surface area contributed by atoms with Crippen molar-refractivity contribution >= 4 is 29.0 Å². The molecule has 1 aromatic heterocycles. The first-order chi connectivity index (χ1) is 13.3. The summed E-state index contributed by atoms with van der Waals surface area (Å²) in [6.07, 6.45) is 5.00.